The average Bonchev–Trinajstić information content (AvgIpc) is 2.10. The van der Waals surface area contributed by atoms with E-state index in [0.29, 0.717) is 19.6 Å². The molecule has 0 bridgehead atoms. The van der Waals surface area contributed by atoms with E-state index in [2.05, 4.69) is 0 Å². The zero-order valence-electron chi connectivity index (χ0n) is 6.89. The van der Waals surface area contributed by atoms with E-state index >= 15 is 0 Å². The Morgan fingerprint density at radius 3 is 2.67 bits per heavy atom. The van der Waals surface area contributed by atoms with E-state index in [1.807, 2.05) is 0 Å². The third-order valence-corrected chi connectivity index (χ3v) is 1.93. The van der Waals surface area contributed by atoms with E-state index in [9.17, 15) is 4.79 Å². The lowest BCUT2D eigenvalue weighted by molar-refractivity contribution is -0.143. The summed E-state index contributed by atoms with van der Waals surface area (Å²) in [6.07, 6.45) is 0.675. The van der Waals surface area contributed by atoms with Crippen molar-refractivity contribution in [2.24, 2.45) is 0 Å². The molecular formula is C7H12Cl2O3. The van der Waals surface area contributed by atoms with E-state index in [-0.39, 0.29) is 5.88 Å². The molecule has 1 unspecified atom stereocenters. The van der Waals surface area contributed by atoms with Crippen LogP contribution in [0.2, 0.25) is 0 Å². The van der Waals surface area contributed by atoms with Crippen LogP contribution in [0.5, 0.6) is 0 Å². The highest BCUT2D eigenvalue weighted by molar-refractivity contribution is 6.35. The summed E-state index contributed by atoms with van der Waals surface area (Å²) in [5, 5.41) is -0.741. The molecule has 0 aliphatic rings. The lowest BCUT2D eigenvalue weighted by atomic mass is 10.4. The smallest absolute Gasteiger partial charge is 0.325 e. The van der Waals surface area contributed by atoms with Gasteiger partial charge in [0, 0.05) is 26.0 Å². The number of hydrogen-bond acceptors (Lipinski definition) is 3. The van der Waals surface area contributed by atoms with Gasteiger partial charge in [0.05, 0.1) is 6.61 Å². The van der Waals surface area contributed by atoms with E-state index in [0.717, 1.165) is 0 Å². The number of hydrogen-bond donors (Lipinski definition) is 0. The Bertz CT molecular complexity index is 130. The molecule has 0 N–H and O–H groups in total. The lowest BCUT2D eigenvalue weighted by Gasteiger charge is -2.06. The van der Waals surface area contributed by atoms with E-state index in [1.165, 1.54) is 0 Å². The molecule has 0 amide bonds. The maximum absolute atomic E-state index is 10.9. The van der Waals surface area contributed by atoms with Gasteiger partial charge in [-0.3, -0.25) is 4.79 Å². The van der Waals surface area contributed by atoms with Crippen LogP contribution in [0, 0.1) is 0 Å². The fourth-order valence-electron chi connectivity index (χ4n) is 0.529. The van der Waals surface area contributed by atoms with Gasteiger partial charge in [0.15, 0.2) is 0 Å². The minimum atomic E-state index is -0.741. The van der Waals surface area contributed by atoms with E-state index < -0.39 is 11.3 Å². The fraction of sp³-hybridized carbons (Fsp3) is 0.857. The van der Waals surface area contributed by atoms with Gasteiger partial charge in [-0.05, 0) is 0 Å². The summed E-state index contributed by atoms with van der Waals surface area (Å²) in [4.78, 5) is 10.9. The molecule has 0 radical (unpaired) electrons. The maximum Gasteiger partial charge on any atom is 0.325 e. The second-order valence-electron chi connectivity index (χ2n) is 2.14. The lowest BCUT2D eigenvalue weighted by Crippen LogP contribution is -2.20. The van der Waals surface area contributed by atoms with E-state index in [1.54, 1.807) is 7.11 Å². The predicted octanol–water partition coefficient (Wildman–Crippen LogP) is 1.41. The summed E-state index contributed by atoms with van der Waals surface area (Å²) in [5.41, 5.74) is 0. The van der Waals surface area contributed by atoms with Gasteiger partial charge < -0.3 is 9.47 Å². The average molecular weight is 215 g/mol. The third-order valence-electron chi connectivity index (χ3n) is 1.13. The van der Waals surface area contributed by atoms with Gasteiger partial charge in [-0.1, -0.05) is 0 Å². The summed E-state index contributed by atoms with van der Waals surface area (Å²) in [6, 6.07) is 0. The van der Waals surface area contributed by atoms with Crippen LogP contribution >= 0.6 is 23.2 Å². The number of esters is 1. The first-order valence-corrected chi connectivity index (χ1v) is 4.55. The molecule has 0 fully saturated rings. The fourth-order valence-corrected chi connectivity index (χ4v) is 0.718. The number of alkyl halides is 2. The Kier molecular flexibility index (Phi) is 7.65. The van der Waals surface area contributed by atoms with Crippen molar-refractivity contribution in [1.82, 2.24) is 0 Å². The van der Waals surface area contributed by atoms with Gasteiger partial charge in [-0.2, -0.15) is 0 Å². The molecule has 5 heteroatoms. The Hall–Kier alpha value is 0.01000. The van der Waals surface area contributed by atoms with Crippen LogP contribution in [-0.4, -0.2) is 37.5 Å². The van der Waals surface area contributed by atoms with Crippen molar-refractivity contribution in [3.63, 3.8) is 0 Å². The topological polar surface area (TPSA) is 35.5 Å². The standard InChI is InChI=1S/C7H12Cl2O3/c1-11-3-2-4-12-7(10)6(9)5-8/h6H,2-5H2,1H3. The van der Waals surface area contributed by atoms with Gasteiger partial charge in [-0.15, -0.1) is 23.2 Å². The summed E-state index contributed by atoms with van der Waals surface area (Å²) < 4.78 is 9.52. The second kappa shape index (κ2) is 7.65. The van der Waals surface area contributed by atoms with Crippen molar-refractivity contribution in [3.05, 3.63) is 0 Å². The molecule has 0 aromatic heterocycles. The van der Waals surface area contributed by atoms with Crippen LogP contribution in [0.15, 0.2) is 0 Å². The van der Waals surface area contributed by atoms with Gasteiger partial charge in [-0.25, -0.2) is 0 Å². The number of carbonyl (C=O) groups is 1. The normalized spacial score (nSPS) is 12.6. The first-order chi connectivity index (χ1) is 5.72. The number of halogens is 2. The zero-order valence-corrected chi connectivity index (χ0v) is 8.40. The molecule has 0 spiro atoms. The monoisotopic (exact) mass is 214 g/mol. The van der Waals surface area contributed by atoms with Crippen LogP contribution in [0.3, 0.4) is 0 Å². The molecule has 0 aliphatic carbocycles. The van der Waals surface area contributed by atoms with Crippen molar-refractivity contribution in [2.75, 3.05) is 26.2 Å². The molecule has 72 valence electrons. The quantitative estimate of drug-likeness (QED) is 0.381. The summed E-state index contributed by atoms with van der Waals surface area (Å²) in [5.74, 6) is -0.396. The largest absolute Gasteiger partial charge is 0.464 e. The molecule has 0 rings (SSSR count). The van der Waals surface area contributed by atoms with Crippen molar-refractivity contribution >= 4 is 29.2 Å². The Labute approximate surface area is 81.9 Å². The first kappa shape index (κ1) is 12.0. The van der Waals surface area contributed by atoms with Gasteiger partial charge in [0.25, 0.3) is 0 Å². The predicted molar refractivity (Wildman–Crippen MR) is 47.8 cm³/mol. The van der Waals surface area contributed by atoms with Crippen molar-refractivity contribution in [1.29, 1.82) is 0 Å². The molecule has 3 nitrogen and oxygen atoms in total. The molecule has 0 saturated heterocycles. The third kappa shape index (κ3) is 5.63. The highest BCUT2D eigenvalue weighted by atomic mass is 35.5. The van der Waals surface area contributed by atoms with Crippen molar-refractivity contribution in [2.45, 2.75) is 11.8 Å². The van der Waals surface area contributed by atoms with Crippen LogP contribution in [-0.2, 0) is 14.3 Å². The SMILES string of the molecule is COCCCOC(=O)C(Cl)CCl. The molecule has 0 heterocycles. The molecule has 12 heavy (non-hydrogen) atoms. The molecule has 0 saturated carbocycles. The highest BCUT2D eigenvalue weighted by Gasteiger charge is 2.14. The Morgan fingerprint density at radius 2 is 2.17 bits per heavy atom. The van der Waals surface area contributed by atoms with Crippen molar-refractivity contribution in [3.8, 4) is 0 Å². The van der Waals surface area contributed by atoms with Crippen LogP contribution < -0.4 is 0 Å². The minimum absolute atomic E-state index is 0.0741. The number of ether oxygens (including phenoxy) is 2. The van der Waals surface area contributed by atoms with Crippen LogP contribution in [0.1, 0.15) is 6.42 Å². The summed E-state index contributed by atoms with van der Waals surface area (Å²) in [6.45, 7) is 0.897. The zero-order chi connectivity index (χ0) is 9.40. The molecule has 1 atom stereocenters. The minimum Gasteiger partial charge on any atom is -0.464 e. The number of rotatable bonds is 6. The Morgan fingerprint density at radius 1 is 1.50 bits per heavy atom. The summed E-state index contributed by atoms with van der Waals surface area (Å²) >= 11 is 10.8. The van der Waals surface area contributed by atoms with Gasteiger partial charge in [0.1, 0.15) is 5.38 Å². The molecule has 0 aromatic carbocycles. The van der Waals surface area contributed by atoms with E-state index in [4.69, 9.17) is 32.7 Å². The summed E-state index contributed by atoms with van der Waals surface area (Å²) in [7, 11) is 1.59. The molecule has 0 aromatic rings. The van der Waals surface area contributed by atoms with Crippen LogP contribution in [0.4, 0.5) is 0 Å². The second-order valence-corrected chi connectivity index (χ2v) is 2.97. The van der Waals surface area contributed by atoms with Crippen LogP contribution in [0.25, 0.3) is 0 Å². The number of carbonyl (C=O) groups excluding carboxylic acids is 1. The van der Waals surface area contributed by atoms with Crippen molar-refractivity contribution < 1.29 is 14.3 Å². The van der Waals surface area contributed by atoms with Gasteiger partial charge in [0.2, 0.25) is 0 Å². The molecular weight excluding hydrogens is 203 g/mol. The highest BCUT2D eigenvalue weighted by Crippen LogP contribution is 2.01. The maximum atomic E-state index is 10.9. The number of methoxy groups -OCH3 is 1. The Balaban J connectivity index is 3.31. The molecule has 0 aliphatic heterocycles. The van der Waals surface area contributed by atoms with Gasteiger partial charge >= 0.3 is 5.97 Å². The first-order valence-electron chi connectivity index (χ1n) is 3.58.